The van der Waals surface area contributed by atoms with Gasteiger partial charge in [-0.3, -0.25) is 28.1 Å². The smallest absolute Gasteiger partial charge is 0.407 e. The first kappa shape index (κ1) is 31.6. The number of amides is 2. The summed E-state index contributed by atoms with van der Waals surface area (Å²) < 4.78 is 9.24. The lowest BCUT2D eigenvalue weighted by Gasteiger charge is -2.34. The number of fused-ring (bicyclic) bond motifs is 1. The highest BCUT2D eigenvalue weighted by Gasteiger charge is 2.31. The molecule has 2 aromatic heterocycles. The molecule has 1 aliphatic carbocycles. The van der Waals surface area contributed by atoms with Gasteiger partial charge < -0.3 is 20.3 Å². The monoisotopic (exact) mass is 617 g/mol. The summed E-state index contributed by atoms with van der Waals surface area (Å²) in [4.78, 5) is 72.5. The Hall–Kier alpha value is -4.86. The summed E-state index contributed by atoms with van der Waals surface area (Å²) in [7, 11) is 1.50. The Morgan fingerprint density at radius 2 is 1.82 bits per heavy atom. The largest absolute Gasteiger partial charge is 0.444 e. The first-order valence-corrected chi connectivity index (χ1v) is 15.1. The molecular formula is C32H39N7O6. The predicted molar refractivity (Wildman–Crippen MR) is 169 cm³/mol. The normalized spacial score (nSPS) is 16.6. The number of Topliss-reactive ketones (excluding diaryl/α,β-unsaturated/α-hetero) is 1. The third-order valence-corrected chi connectivity index (χ3v) is 7.79. The Balaban J connectivity index is 1.49. The molecule has 0 unspecified atom stereocenters. The molecule has 1 atom stereocenters. The predicted octanol–water partition coefficient (Wildman–Crippen LogP) is 2.64. The van der Waals surface area contributed by atoms with Gasteiger partial charge in [0.25, 0.3) is 5.56 Å². The van der Waals surface area contributed by atoms with E-state index in [0.717, 1.165) is 30.3 Å². The van der Waals surface area contributed by atoms with Gasteiger partial charge in [0, 0.05) is 37.7 Å². The number of rotatable bonds is 8. The van der Waals surface area contributed by atoms with Crippen LogP contribution in [0.25, 0.3) is 11.2 Å². The van der Waals surface area contributed by atoms with E-state index in [4.69, 9.17) is 9.72 Å². The molecule has 45 heavy (non-hydrogen) atoms. The second-order valence-electron chi connectivity index (χ2n) is 12.5. The molecule has 1 aromatic carbocycles. The Kier molecular flexibility index (Phi) is 8.86. The summed E-state index contributed by atoms with van der Waals surface area (Å²) in [6.45, 7) is 7.70. The number of aryl methyl sites for hydroxylation is 1. The minimum Gasteiger partial charge on any atom is -0.444 e. The van der Waals surface area contributed by atoms with Crippen LogP contribution in [0.4, 0.5) is 16.4 Å². The highest BCUT2D eigenvalue weighted by molar-refractivity contribution is 6.05. The molecular weight excluding hydrogens is 578 g/mol. The van der Waals surface area contributed by atoms with Crippen molar-refractivity contribution >= 4 is 40.6 Å². The van der Waals surface area contributed by atoms with Gasteiger partial charge in [-0.2, -0.15) is 4.98 Å². The molecule has 13 nitrogen and oxygen atoms in total. The van der Waals surface area contributed by atoms with E-state index in [-0.39, 0.29) is 41.1 Å². The van der Waals surface area contributed by atoms with E-state index in [2.05, 4.69) is 22.5 Å². The summed E-state index contributed by atoms with van der Waals surface area (Å²) >= 11 is 0. The number of hydrogen-bond acceptors (Lipinski definition) is 8. The van der Waals surface area contributed by atoms with Crippen molar-refractivity contribution in [3.8, 4) is 11.8 Å². The van der Waals surface area contributed by atoms with Crippen molar-refractivity contribution in [1.29, 1.82) is 0 Å². The second kappa shape index (κ2) is 12.6. The van der Waals surface area contributed by atoms with Gasteiger partial charge in [-0.25, -0.2) is 9.59 Å². The number of ether oxygens (including phenoxy) is 1. The molecule has 3 aromatic rings. The zero-order valence-electron chi connectivity index (χ0n) is 26.3. The van der Waals surface area contributed by atoms with Crippen molar-refractivity contribution in [2.24, 2.45) is 13.0 Å². The van der Waals surface area contributed by atoms with E-state index < -0.39 is 35.3 Å². The minimum absolute atomic E-state index is 0.0607. The molecule has 238 valence electrons. The van der Waals surface area contributed by atoms with E-state index in [1.807, 2.05) is 4.90 Å². The van der Waals surface area contributed by atoms with Crippen LogP contribution in [0.1, 0.15) is 63.7 Å². The lowest BCUT2D eigenvalue weighted by molar-refractivity contribution is -0.117. The molecule has 1 aliphatic heterocycles. The average Bonchev–Trinajstić information content (AvgIpc) is 3.77. The summed E-state index contributed by atoms with van der Waals surface area (Å²) in [6.07, 6.45) is 2.59. The molecule has 3 heterocycles. The molecule has 2 fully saturated rings. The van der Waals surface area contributed by atoms with Gasteiger partial charge in [-0.1, -0.05) is 18.1 Å². The number of alkyl carbamates (subject to hydrolysis) is 1. The third-order valence-electron chi connectivity index (χ3n) is 7.79. The summed E-state index contributed by atoms with van der Waals surface area (Å²) in [5, 5.41) is 5.73. The van der Waals surface area contributed by atoms with Gasteiger partial charge in [0.05, 0.1) is 18.8 Å². The first-order valence-electron chi connectivity index (χ1n) is 15.1. The van der Waals surface area contributed by atoms with Gasteiger partial charge in [-0.05, 0) is 65.5 Å². The van der Waals surface area contributed by atoms with Gasteiger partial charge in [0.2, 0.25) is 11.9 Å². The van der Waals surface area contributed by atoms with Gasteiger partial charge in [0.1, 0.15) is 5.60 Å². The van der Waals surface area contributed by atoms with Crippen molar-refractivity contribution in [1.82, 2.24) is 24.0 Å². The summed E-state index contributed by atoms with van der Waals surface area (Å²) in [6, 6.07) is 6.35. The van der Waals surface area contributed by atoms with Crippen LogP contribution in [0.3, 0.4) is 0 Å². The molecule has 0 bridgehead atoms. The number of anilines is 2. The van der Waals surface area contributed by atoms with Crippen molar-refractivity contribution in [2.45, 2.75) is 78.1 Å². The average molecular weight is 618 g/mol. The Bertz CT molecular complexity index is 1830. The lowest BCUT2D eigenvalue weighted by atomic mass is 10.1. The molecule has 0 spiro atoms. The lowest BCUT2D eigenvalue weighted by Crippen LogP contribution is -2.49. The van der Waals surface area contributed by atoms with Crippen molar-refractivity contribution in [3.05, 3.63) is 50.7 Å². The molecule has 2 amide bonds. The van der Waals surface area contributed by atoms with E-state index in [9.17, 15) is 24.0 Å². The Morgan fingerprint density at radius 3 is 2.51 bits per heavy atom. The number of aromatic nitrogens is 4. The van der Waals surface area contributed by atoms with Crippen LogP contribution < -0.4 is 26.8 Å². The fourth-order valence-corrected chi connectivity index (χ4v) is 5.44. The number of imidazole rings is 1. The van der Waals surface area contributed by atoms with E-state index in [1.165, 1.54) is 11.6 Å². The number of nitrogens with one attached hydrogen (secondary N) is 2. The van der Waals surface area contributed by atoms with E-state index >= 15 is 0 Å². The molecule has 1 saturated carbocycles. The fraction of sp³-hybridized carbons (Fsp3) is 0.500. The first-order chi connectivity index (χ1) is 21.4. The quantitative estimate of drug-likeness (QED) is 0.290. The standard InChI is InChI=1S/C32H39N7O6/c1-6-7-17-38-25-26(35-29(38)37-16-10-11-21(18-37)33-30(43)45-32(2,3)4)36(5)31(44)39(28(25)42)19-24(40)22-12-8-9-13-23(22)34-27(41)20-14-15-20/h8-9,12-13,20-21H,10-11,14-19H2,1-5H3,(H,33,43)(H,34,41)/t21-/m1/s1. The van der Waals surface area contributed by atoms with Crippen LogP contribution in [0.15, 0.2) is 33.9 Å². The van der Waals surface area contributed by atoms with Crippen molar-refractivity contribution in [2.75, 3.05) is 23.3 Å². The maximum atomic E-state index is 14.0. The molecule has 0 radical (unpaired) electrons. The number of carbonyl (C=O) groups is 3. The van der Waals surface area contributed by atoms with Crippen LogP contribution in [0.2, 0.25) is 0 Å². The molecule has 13 heteroatoms. The maximum absolute atomic E-state index is 14.0. The van der Waals surface area contributed by atoms with Crippen molar-refractivity contribution in [3.63, 3.8) is 0 Å². The molecule has 2 N–H and O–H groups in total. The Labute approximate surface area is 260 Å². The molecule has 5 rings (SSSR count). The minimum atomic E-state index is -0.693. The number of benzene rings is 1. The number of ketones is 1. The van der Waals surface area contributed by atoms with Crippen LogP contribution in [-0.4, -0.2) is 61.2 Å². The number of carbonyl (C=O) groups excluding carboxylic acids is 3. The topological polar surface area (TPSA) is 150 Å². The highest BCUT2D eigenvalue weighted by atomic mass is 16.6. The van der Waals surface area contributed by atoms with Crippen LogP contribution >= 0.6 is 0 Å². The zero-order valence-corrected chi connectivity index (χ0v) is 26.3. The van der Waals surface area contributed by atoms with E-state index in [0.29, 0.717) is 24.7 Å². The number of piperidine rings is 1. The number of hydrogen-bond donors (Lipinski definition) is 2. The van der Waals surface area contributed by atoms with Crippen LogP contribution in [-0.2, 0) is 29.7 Å². The molecule has 2 aliphatic rings. The highest BCUT2D eigenvalue weighted by Crippen LogP contribution is 2.31. The second-order valence-corrected chi connectivity index (χ2v) is 12.5. The summed E-state index contributed by atoms with van der Waals surface area (Å²) in [5.74, 6) is 5.57. The maximum Gasteiger partial charge on any atom is 0.407 e. The van der Waals surface area contributed by atoms with Gasteiger partial charge in [0.15, 0.2) is 16.9 Å². The fourth-order valence-electron chi connectivity index (χ4n) is 5.44. The Morgan fingerprint density at radius 1 is 1.09 bits per heavy atom. The number of nitrogens with zero attached hydrogens (tertiary/aromatic N) is 5. The van der Waals surface area contributed by atoms with Gasteiger partial charge in [-0.15, -0.1) is 5.92 Å². The molecule has 1 saturated heterocycles. The zero-order chi connectivity index (χ0) is 32.5. The third kappa shape index (κ3) is 6.95. The van der Waals surface area contributed by atoms with Crippen LogP contribution in [0, 0.1) is 17.8 Å². The number of para-hydroxylation sites is 1. The van der Waals surface area contributed by atoms with E-state index in [1.54, 1.807) is 56.5 Å². The van der Waals surface area contributed by atoms with Crippen LogP contribution in [0.5, 0.6) is 0 Å². The van der Waals surface area contributed by atoms with Gasteiger partial charge >= 0.3 is 11.8 Å². The van der Waals surface area contributed by atoms with Crippen molar-refractivity contribution < 1.29 is 19.1 Å². The SMILES string of the molecule is CC#CCn1c(N2CCC[C@@H](NC(=O)OC(C)(C)C)C2)nc2c1c(=O)n(CC(=O)c1ccccc1NC(=O)C1CC1)c(=O)n2C. The summed E-state index contributed by atoms with van der Waals surface area (Å²) in [5.41, 5.74) is -1.14.